The first-order valence-corrected chi connectivity index (χ1v) is 5.98. The molecule has 1 aliphatic heterocycles. The summed E-state index contributed by atoms with van der Waals surface area (Å²) in [7, 11) is 2.76. The maximum atomic E-state index is 5.32. The molecule has 0 saturated carbocycles. The Hall–Kier alpha value is -0.660. The van der Waals surface area contributed by atoms with Gasteiger partial charge in [0.2, 0.25) is 0 Å². The zero-order valence-electron chi connectivity index (χ0n) is 9.02. The number of aromatic nitrogens is 1. The minimum absolute atomic E-state index is 0.420. The molecule has 1 aromatic heterocycles. The summed E-state index contributed by atoms with van der Waals surface area (Å²) in [6, 6.07) is 4.25. The third kappa shape index (κ3) is 2.67. The predicted molar refractivity (Wildman–Crippen MR) is 65.4 cm³/mol. The van der Waals surface area contributed by atoms with Crippen molar-refractivity contribution >= 4 is 14.9 Å². The van der Waals surface area contributed by atoms with Gasteiger partial charge in [-0.25, -0.2) is 0 Å². The van der Waals surface area contributed by atoms with Crippen LogP contribution in [0.1, 0.15) is 18.3 Å². The van der Waals surface area contributed by atoms with Gasteiger partial charge in [0.25, 0.3) is 0 Å². The van der Waals surface area contributed by atoms with Crippen molar-refractivity contribution in [3.8, 4) is 0 Å². The fourth-order valence-corrected chi connectivity index (χ4v) is 1.87. The van der Waals surface area contributed by atoms with Gasteiger partial charge < -0.3 is 9.64 Å². The van der Waals surface area contributed by atoms with E-state index in [0.29, 0.717) is 5.66 Å². The highest BCUT2D eigenvalue weighted by Gasteiger charge is 2.11. The number of hydrogen-bond donors (Lipinski definition) is 0. The van der Waals surface area contributed by atoms with Crippen LogP contribution in [0.4, 0.5) is 5.69 Å². The van der Waals surface area contributed by atoms with Crippen LogP contribution < -0.4 is 4.90 Å². The summed E-state index contributed by atoms with van der Waals surface area (Å²) in [6.07, 6.45) is 1.96. The van der Waals surface area contributed by atoms with E-state index in [9.17, 15) is 0 Å². The highest BCUT2D eigenvalue weighted by Crippen LogP contribution is 2.22. The molecule has 0 radical (unpaired) electrons. The quantitative estimate of drug-likeness (QED) is 0.717. The Morgan fingerprint density at radius 1 is 1.40 bits per heavy atom. The molecule has 1 saturated heterocycles. The number of rotatable bonds is 2. The first-order chi connectivity index (χ1) is 7.27. The molecule has 1 unspecified atom stereocenters. The Labute approximate surface area is 93.0 Å². The normalized spacial score (nSPS) is 18.9. The van der Waals surface area contributed by atoms with Crippen molar-refractivity contribution in [3.05, 3.63) is 24.0 Å². The lowest BCUT2D eigenvalue weighted by Crippen LogP contribution is -2.36. The van der Waals surface area contributed by atoms with Crippen molar-refractivity contribution in [2.24, 2.45) is 0 Å². The topological polar surface area (TPSA) is 25.4 Å². The van der Waals surface area contributed by atoms with E-state index in [4.69, 9.17) is 4.74 Å². The standard InChI is InChI=1S/C11H17N2OP/c1-9(15)11-3-2-10(8-12-11)13-4-6-14-7-5-13/h2-3,8-9H,4-7,15H2,1H3/t9-/m1/s1. The van der Waals surface area contributed by atoms with Gasteiger partial charge in [0.05, 0.1) is 25.1 Å². The first kappa shape index (κ1) is 10.8. The van der Waals surface area contributed by atoms with Crippen LogP contribution in [0.25, 0.3) is 0 Å². The number of hydrogen-bond acceptors (Lipinski definition) is 3. The van der Waals surface area contributed by atoms with Gasteiger partial charge in [-0.3, -0.25) is 4.98 Å². The Balaban J connectivity index is 2.08. The molecule has 2 atom stereocenters. The molecular formula is C11H17N2OP. The Morgan fingerprint density at radius 3 is 2.67 bits per heavy atom. The van der Waals surface area contributed by atoms with Crippen LogP contribution in [0, 0.1) is 0 Å². The van der Waals surface area contributed by atoms with E-state index < -0.39 is 0 Å². The molecule has 0 aromatic carbocycles. The molecule has 2 rings (SSSR count). The van der Waals surface area contributed by atoms with Gasteiger partial charge in [-0.2, -0.15) is 0 Å². The SMILES string of the molecule is C[C@@H](P)c1ccc(N2CCOCC2)cn1. The average molecular weight is 224 g/mol. The third-order valence-corrected chi connectivity index (χ3v) is 2.96. The van der Waals surface area contributed by atoms with Crippen LogP contribution in [0.5, 0.6) is 0 Å². The summed E-state index contributed by atoms with van der Waals surface area (Å²) in [4.78, 5) is 6.76. The van der Waals surface area contributed by atoms with Crippen LogP contribution in [0.15, 0.2) is 18.3 Å². The van der Waals surface area contributed by atoms with Crippen molar-refractivity contribution in [1.82, 2.24) is 4.98 Å². The van der Waals surface area contributed by atoms with Gasteiger partial charge in [0, 0.05) is 24.4 Å². The second-order valence-corrected chi connectivity index (χ2v) is 4.83. The molecule has 15 heavy (non-hydrogen) atoms. The Bertz CT molecular complexity index is 307. The number of anilines is 1. The maximum absolute atomic E-state index is 5.32. The van der Waals surface area contributed by atoms with Gasteiger partial charge in [-0.1, -0.05) is 6.92 Å². The zero-order valence-corrected chi connectivity index (χ0v) is 10.2. The monoisotopic (exact) mass is 224 g/mol. The summed E-state index contributed by atoms with van der Waals surface area (Å²) >= 11 is 0. The van der Waals surface area contributed by atoms with E-state index in [1.165, 1.54) is 5.69 Å². The molecule has 82 valence electrons. The molecular weight excluding hydrogens is 207 g/mol. The fourth-order valence-electron chi connectivity index (χ4n) is 1.68. The lowest BCUT2D eigenvalue weighted by atomic mass is 10.2. The van der Waals surface area contributed by atoms with Gasteiger partial charge >= 0.3 is 0 Å². The highest BCUT2D eigenvalue weighted by molar-refractivity contribution is 7.17. The Morgan fingerprint density at radius 2 is 2.13 bits per heavy atom. The molecule has 1 aromatic rings. The van der Waals surface area contributed by atoms with Crippen molar-refractivity contribution in [3.63, 3.8) is 0 Å². The van der Waals surface area contributed by atoms with Gasteiger partial charge in [0.1, 0.15) is 0 Å². The summed E-state index contributed by atoms with van der Waals surface area (Å²) in [5.41, 5.74) is 2.74. The second-order valence-electron chi connectivity index (χ2n) is 3.83. The first-order valence-electron chi connectivity index (χ1n) is 5.31. The van der Waals surface area contributed by atoms with Crippen LogP contribution in [0.2, 0.25) is 0 Å². The van der Waals surface area contributed by atoms with Crippen LogP contribution in [-0.2, 0) is 4.74 Å². The van der Waals surface area contributed by atoms with Gasteiger partial charge in [-0.15, -0.1) is 9.24 Å². The van der Waals surface area contributed by atoms with E-state index in [-0.39, 0.29) is 0 Å². The molecule has 0 amide bonds. The highest BCUT2D eigenvalue weighted by atomic mass is 31.0. The van der Waals surface area contributed by atoms with E-state index in [1.54, 1.807) is 0 Å². The lowest BCUT2D eigenvalue weighted by Gasteiger charge is -2.28. The zero-order chi connectivity index (χ0) is 10.7. The molecule has 1 fully saturated rings. The van der Waals surface area contributed by atoms with Crippen molar-refractivity contribution in [2.75, 3.05) is 31.2 Å². The minimum Gasteiger partial charge on any atom is -0.378 e. The van der Waals surface area contributed by atoms with Crippen LogP contribution >= 0.6 is 9.24 Å². The molecule has 2 heterocycles. The largest absolute Gasteiger partial charge is 0.378 e. The average Bonchev–Trinajstić information content (AvgIpc) is 2.30. The van der Waals surface area contributed by atoms with Crippen LogP contribution in [-0.4, -0.2) is 31.3 Å². The summed E-state index contributed by atoms with van der Waals surface area (Å²) in [5.74, 6) is 0. The molecule has 4 heteroatoms. The lowest BCUT2D eigenvalue weighted by molar-refractivity contribution is 0.122. The number of ether oxygens (including phenoxy) is 1. The van der Waals surface area contributed by atoms with Gasteiger partial charge in [0.15, 0.2) is 0 Å². The van der Waals surface area contributed by atoms with Gasteiger partial charge in [-0.05, 0) is 12.1 Å². The molecule has 0 N–H and O–H groups in total. The molecule has 1 aliphatic rings. The van der Waals surface area contributed by atoms with E-state index >= 15 is 0 Å². The predicted octanol–water partition coefficient (Wildman–Crippen LogP) is 1.85. The van der Waals surface area contributed by atoms with Crippen molar-refractivity contribution < 1.29 is 4.74 Å². The number of pyridine rings is 1. The summed E-state index contributed by atoms with van der Waals surface area (Å²) < 4.78 is 5.32. The number of nitrogens with zero attached hydrogens (tertiary/aromatic N) is 2. The van der Waals surface area contributed by atoms with Crippen molar-refractivity contribution in [2.45, 2.75) is 12.6 Å². The smallest absolute Gasteiger partial charge is 0.0642 e. The van der Waals surface area contributed by atoms with Crippen LogP contribution in [0.3, 0.4) is 0 Å². The Kier molecular flexibility index (Phi) is 3.55. The summed E-state index contributed by atoms with van der Waals surface area (Å²) in [5, 5.41) is 0. The fraction of sp³-hybridized carbons (Fsp3) is 0.545. The number of morpholine rings is 1. The molecule has 3 nitrogen and oxygen atoms in total. The third-order valence-electron chi connectivity index (χ3n) is 2.61. The second kappa shape index (κ2) is 4.91. The minimum atomic E-state index is 0.420. The summed E-state index contributed by atoms with van der Waals surface area (Å²) in [6.45, 7) is 5.71. The van der Waals surface area contributed by atoms with E-state index in [2.05, 4.69) is 38.2 Å². The van der Waals surface area contributed by atoms with Crippen molar-refractivity contribution in [1.29, 1.82) is 0 Å². The molecule has 0 aliphatic carbocycles. The maximum Gasteiger partial charge on any atom is 0.0642 e. The molecule has 0 spiro atoms. The van der Waals surface area contributed by atoms with E-state index in [0.717, 1.165) is 32.0 Å². The van der Waals surface area contributed by atoms with E-state index in [1.807, 2.05) is 6.20 Å². The molecule has 0 bridgehead atoms.